The Morgan fingerprint density at radius 2 is 1.44 bits per heavy atom. The van der Waals surface area contributed by atoms with Crippen molar-refractivity contribution in [3.8, 4) is 0 Å². The van der Waals surface area contributed by atoms with Gasteiger partial charge in [0.2, 0.25) is 0 Å². The second-order valence-electron chi connectivity index (χ2n) is 0.739. The molecule has 0 N–H and O–H groups in total. The molecule has 0 radical (unpaired) electrons. The molecule has 0 aromatic carbocycles. The van der Waals surface area contributed by atoms with Crippen LogP contribution in [-0.4, -0.2) is 13.5 Å². The van der Waals surface area contributed by atoms with Crippen molar-refractivity contribution in [1.29, 1.82) is 0 Å². The third kappa shape index (κ3) is 3150. The quantitative estimate of drug-likeness (QED) is 0.338. The van der Waals surface area contributed by atoms with Crippen molar-refractivity contribution in [1.82, 2.24) is 0 Å². The van der Waals surface area contributed by atoms with E-state index in [1.807, 2.05) is 0 Å². The Kier molecular flexibility index (Phi) is 20.0. The van der Waals surface area contributed by atoms with E-state index < -0.39 is 13.5 Å². The van der Waals surface area contributed by atoms with Crippen molar-refractivity contribution >= 4 is 13.5 Å². The predicted molar refractivity (Wildman–Crippen MR) is 19.8 cm³/mol. The minimum Gasteiger partial charge on any atom is -0.550 e. The normalized spacial score (nSPS) is 5.78. The third-order valence-corrected chi connectivity index (χ3v) is 0. The summed E-state index contributed by atoms with van der Waals surface area (Å²) in [6.45, 7) is 0.972. The Morgan fingerprint density at radius 3 is 1.44 bits per heavy atom. The van der Waals surface area contributed by atoms with Crippen LogP contribution in [0.5, 0.6) is 0 Å². The van der Waals surface area contributed by atoms with Gasteiger partial charge in [0.1, 0.15) is 0 Å². The molecule has 0 amide bonds. The number of carbonyl (C=O) groups is 1. The molecule has 0 saturated carbocycles. The molecule has 48 valence electrons. The van der Waals surface area contributed by atoms with Gasteiger partial charge in [-0.05, 0) is 6.92 Å². The minimum atomic E-state index is -3.67. The van der Waals surface area contributed by atoms with Crippen LogP contribution in [0.2, 0.25) is 0 Å². The maximum atomic E-state index is 9.67. The first-order valence-electron chi connectivity index (χ1n) is 1.56. The average molecular weight is 150 g/mol. The molecule has 0 unspecified atom stereocenters. The summed E-state index contributed by atoms with van der Waals surface area (Å²) in [5.41, 5.74) is 0. The molecule has 0 rings (SSSR count). The largest absolute Gasteiger partial charge is 1.00 e. The summed E-state index contributed by atoms with van der Waals surface area (Å²) in [6.07, 6.45) is 0. The summed E-state index contributed by atoms with van der Waals surface area (Å²) in [4.78, 5) is 8.89. The van der Waals surface area contributed by atoms with E-state index in [-0.39, 0.29) is 29.6 Å². The summed E-state index contributed by atoms with van der Waals surface area (Å²) in [5.74, 6) is -1.08. The van der Waals surface area contributed by atoms with Gasteiger partial charge in [0.15, 0.2) is 0 Å². The first kappa shape index (κ1) is 16.2. The number of rotatable bonds is 0. The molecule has 0 spiro atoms. The third-order valence-electron chi connectivity index (χ3n) is 0. The molecule has 0 aromatic rings. The molecular weight excluding hydrogens is 147 g/mol. The van der Waals surface area contributed by atoms with Crippen LogP contribution in [-0.2, 0) is 4.79 Å². The molecule has 2 nitrogen and oxygen atoms in total. The van der Waals surface area contributed by atoms with E-state index in [2.05, 4.69) is 0 Å². The van der Waals surface area contributed by atoms with E-state index in [4.69, 9.17) is 9.90 Å². The fraction of sp³-hybridized carbons (Fsp3) is 0.500. The predicted octanol–water partition coefficient (Wildman–Crippen LogP) is -3.36. The topological polar surface area (TPSA) is 40.1 Å². The van der Waals surface area contributed by atoms with Gasteiger partial charge in [-0.2, -0.15) is 0 Å². The first-order chi connectivity index (χ1) is 3.46. The van der Waals surface area contributed by atoms with Crippen LogP contribution >= 0.6 is 0 Å². The van der Waals surface area contributed by atoms with Gasteiger partial charge < -0.3 is 9.90 Å². The van der Waals surface area contributed by atoms with Crippen molar-refractivity contribution in [3.05, 3.63) is 0 Å². The van der Waals surface area contributed by atoms with E-state index >= 15 is 0 Å². The van der Waals surface area contributed by atoms with Gasteiger partial charge in [-0.15, -0.1) is 0 Å². The number of halogens is 3. The summed E-state index contributed by atoms with van der Waals surface area (Å²) in [5, 5.41) is 8.89. The average Bonchev–Trinajstić information content (AvgIpc) is 1.25. The zero-order valence-electron chi connectivity index (χ0n) is 5.03. The van der Waals surface area contributed by atoms with Crippen LogP contribution < -0.4 is 34.7 Å². The Hall–Kier alpha value is 0.325. The smallest absolute Gasteiger partial charge is 0.550 e. The summed E-state index contributed by atoms with van der Waals surface area (Å²) < 4.78 is 29.0. The van der Waals surface area contributed by atoms with Crippen molar-refractivity contribution in [2.24, 2.45) is 0 Å². The van der Waals surface area contributed by atoms with Gasteiger partial charge in [0.25, 0.3) is 0 Å². The van der Waals surface area contributed by atoms with Crippen LogP contribution in [0.4, 0.5) is 12.9 Å². The van der Waals surface area contributed by atoms with Crippen molar-refractivity contribution in [2.45, 2.75) is 6.92 Å². The van der Waals surface area contributed by atoms with Gasteiger partial charge in [0, 0.05) is 5.97 Å². The maximum absolute atomic E-state index is 9.67. The fourth-order valence-corrected chi connectivity index (χ4v) is 0. The summed E-state index contributed by atoms with van der Waals surface area (Å²) in [6, 6.07) is 0. The number of carbonyl (C=O) groups excluding carboxylic acids is 1. The molecule has 0 aliphatic heterocycles. The van der Waals surface area contributed by atoms with E-state index in [0.29, 0.717) is 0 Å². The summed E-state index contributed by atoms with van der Waals surface area (Å²) >= 11 is 0. The second-order valence-corrected chi connectivity index (χ2v) is 0.739. The number of carboxylic acids is 1. The van der Waals surface area contributed by atoms with Gasteiger partial charge in [-0.25, -0.2) is 0 Å². The first-order valence-corrected chi connectivity index (χ1v) is 1.56. The Labute approximate surface area is 72.9 Å². The Balaban J connectivity index is -0.0000000720. The number of aliphatic carboxylic acids is 1. The van der Waals surface area contributed by atoms with E-state index in [9.17, 15) is 12.9 Å². The molecule has 0 aliphatic rings. The SMILES string of the molecule is CC(=O)[O-].FB(F)F.[Na+]. The fourth-order valence-electron chi connectivity index (χ4n) is 0. The minimum absolute atomic E-state index is 0. The molecule has 0 aliphatic carbocycles. The van der Waals surface area contributed by atoms with Crippen molar-refractivity contribution in [3.63, 3.8) is 0 Å². The monoisotopic (exact) mass is 150 g/mol. The van der Waals surface area contributed by atoms with Crippen LogP contribution in [0.15, 0.2) is 0 Å². The van der Waals surface area contributed by atoms with Crippen LogP contribution in [0.25, 0.3) is 0 Å². The zero-order valence-corrected chi connectivity index (χ0v) is 7.03. The second kappa shape index (κ2) is 11.2. The molecule has 7 heteroatoms. The molecule has 0 saturated heterocycles. The Morgan fingerprint density at radius 1 is 1.44 bits per heavy atom. The van der Waals surface area contributed by atoms with E-state index in [1.54, 1.807) is 0 Å². The number of carboxylic acid groups (broad SMARTS) is 1. The van der Waals surface area contributed by atoms with Gasteiger partial charge in [-0.3, -0.25) is 12.9 Å². The van der Waals surface area contributed by atoms with Crippen molar-refractivity contribution in [2.75, 3.05) is 0 Å². The zero-order chi connectivity index (χ0) is 7.15. The molecule has 0 aromatic heterocycles. The van der Waals surface area contributed by atoms with Crippen molar-refractivity contribution < 1.29 is 52.4 Å². The van der Waals surface area contributed by atoms with Crippen LogP contribution in [0, 0.1) is 0 Å². The van der Waals surface area contributed by atoms with Crippen LogP contribution in [0.3, 0.4) is 0 Å². The van der Waals surface area contributed by atoms with Gasteiger partial charge in [-0.1, -0.05) is 0 Å². The molecular formula is C2H3BF3NaO2. The Bertz CT molecular complexity index is 64.1. The molecule has 0 fully saturated rings. The standard InChI is InChI=1S/C2H4O2.BF3.Na/c1-2(3)4;2-1(3)4;/h1H3,(H,3,4);;/q;;+1/p-1. The maximum Gasteiger partial charge on any atom is 1.00 e. The molecule has 0 heterocycles. The van der Waals surface area contributed by atoms with Gasteiger partial charge >= 0.3 is 37.1 Å². The molecule has 9 heavy (non-hydrogen) atoms. The van der Waals surface area contributed by atoms with E-state index in [0.717, 1.165) is 6.92 Å². The number of hydrogen-bond acceptors (Lipinski definition) is 2. The number of hydrogen-bond donors (Lipinski definition) is 0. The van der Waals surface area contributed by atoms with Gasteiger partial charge in [0.05, 0.1) is 0 Å². The van der Waals surface area contributed by atoms with E-state index in [1.165, 1.54) is 0 Å². The summed E-state index contributed by atoms with van der Waals surface area (Å²) in [7, 11) is -3.67. The van der Waals surface area contributed by atoms with Crippen LogP contribution in [0.1, 0.15) is 6.92 Å². The molecule has 0 atom stereocenters. The molecule has 0 bridgehead atoms.